The lowest BCUT2D eigenvalue weighted by atomic mass is 9.78. The molecule has 25 heavy (non-hydrogen) atoms. The summed E-state index contributed by atoms with van der Waals surface area (Å²) in [6.07, 6.45) is 1.33. The topological polar surface area (TPSA) is 106 Å². The van der Waals surface area contributed by atoms with Gasteiger partial charge in [0.1, 0.15) is 24.3 Å². The van der Waals surface area contributed by atoms with Gasteiger partial charge in [0.15, 0.2) is 11.5 Å². The first-order chi connectivity index (χ1) is 12.1. The van der Waals surface area contributed by atoms with Crippen LogP contribution in [0.3, 0.4) is 0 Å². The fourth-order valence-corrected chi connectivity index (χ4v) is 2.21. The number of ether oxygens (including phenoxy) is 2. The highest BCUT2D eigenvalue weighted by molar-refractivity contribution is 6.60. The number of hydrogen-bond donors (Lipinski definition) is 2. The van der Waals surface area contributed by atoms with Crippen molar-refractivity contribution in [3.63, 3.8) is 0 Å². The summed E-state index contributed by atoms with van der Waals surface area (Å²) < 4.78 is 11.0. The zero-order valence-corrected chi connectivity index (χ0v) is 13.5. The molecule has 6 nitrogen and oxygen atoms in total. The average Bonchev–Trinajstić information content (AvgIpc) is 2.64. The first kappa shape index (κ1) is 18.1. The Bertz CT molecular complexity index is 836. The third kappa shape index (κ3) is 4.61. The van der Waals surface area contributed by atoms with Gasteiger partial charge >= 0.3 is 7.12 Å². The number of nitrogens with zero attached hydrogens (tertiary/aromatic N) is 2. The van der Waals surface area contributed by atoms with Crippen molar-refractivity contribution in [2.75, 3.05) is 7.11 Å². The van der Waals surface area contributed by atoms with Gasteiger partial charge < -0.3 is 19.5 Å². The van der Waals surface area contributed by atoms with Crippen molar-refractivity contribution in [2.24, 2.45) is 0 Å². The Balaban J connectivity index is 2.43. The van der Waals surface area contributed by atoms with Crippen LogP contribution in [0.4, 0.5) is 0 Å². The van der Waals surface area contributed by atoms with E-state index in [0.717, 1.165) is 5.56 Å². The fourth-order valence-electron chi connectivity index (χ4n) is 2.21. The fraction of sp³-hybridized carbons (Fsp3) is 0.111. The molecule has 0 atom stereocenters. The molecular weight excluding hydrogens is 319 g/mol. The van der Waals surface area contributed by atoms with Gasteiger partial charge in [-0.15, -0.1) is 0 Å². The van der Waals surface area contributed by atoms with Crippen LogP contribution in [-0.2, 0) is 6.61 Å². The van der Waals surface area contributed by atoms with Gasteiger partial charge in [-0.2, -0.15) is 10.5 Å². The van der Waals surface area contributed by atoms with E-state index in [0.29, 0.717) is 5.56 Å². The molecular formula is C18H15BN2O4. The van der Waals surface area contributed by atoms with Crippen LogP contribution in [-0.4, -0.2) is 24.3 Å². The van der Waals surface area contributed by atoms with Crippen LogP contribution < -0.4 is 14.9 Å². The largest absolute Gasteiger partial charge is 0.493 e. The average molecular weight is 334 g/mol. The molecule has 0 fully saturated rings. The Hall–Kier alpha value is -3.26. The van der Waals surface area contributed by atoms with E-state index in [-0.39, 0.29) is 29.1 Å². The predicted molar refractivity (Wildman–Crippen MR) is 92.8 cm³/mol. The number of methoxy groups -OCH3 is 1. The molecule has 0 aliphatic carbocycles. The van der Waals surface area contributed by atoms with Gasteiger partial charge in [0.2, 0.25) is 0 Å². The molecule has 0 aliphatic heterocycles. The van der Waals surface area contributed by atoms with Crippen molar-refractivity contribution in [3.8, 4) is 23.6 Å². The van der Waals surface area contributed by atoms with Crippen LogP contribution in [0.2, 0.25) is 0 Å². The highest BCUT2D eigenvalue weighted by Gasteiger charge is 2.22. The van der Waals surface area contributed by atoms with E-state index in [4.69, 9.17) is 20.0 Å². The summed E-state index contributed by atoms with van der Waals surface area (Å²) in [5.41, 5.74) is 1.29. The summed E-state index contributed by atoms with van der Waals surface area (Å²) >= 11 is 0. The molecule has 0 saturated carbocycles. The molecule has 0 bridgehead atoms. The molecule has 0 aromatic heterocycles. The maximum Gasteiger partial charge on any atom is 0.492 e. The van der Waals surface area contributed by atoms with E-state index in [1.54, 1.807) is 18.2 Å². The van der Waals surface area contributed by atoms with Crippen molar-refractivity contribution in [3.05, 3.63) is 59.2 Å². The van der Waals surface area contributed by atoms with Crippen LogP contribution >= 0.6 is 0 Å². The van der Waals surface area contributed by atoms with Gasteiger partial charge in [-0.05, 0) is 23.3 Å². The standard InChI is InChI=1S/C18H15BN2O4/c1-24-17-9-14(7-15(10-20)11-21)8-16(19(22)23)18(17)25-12-13-5-3-2-4-6-13/h2-9,22-23H,12H2,1H3. The van der Waals surface area contributed by atoms with Crippen LogP contribution in [0.1, 0.15) is 11.1 Å². The van der Waals surface area contributed by atoms with Crippen LogP contribution in [0.5, 0.6) is 11.5 Å². The Morgan fingerprint density at radius 3 is 2.40 bits per heavy atom. The third-order valence-corrected chi connectivity index (χ3v) is 3.38. The zero-order chi connectivity index (χ0) is 18.2. The van der Waals surface area contributed by atoms with Gasteiger partial charge in [0.25, 0.3) is 0 Å². The van der Waals surface area contributed by atoms with Gasteiger partial charge in [0, 0.05) is 5.46 Å². The molecule has 0 radical (unpaired) electrons. The van der Waals surface area contributed by atoms with E-state index < -0.39 is 7.12 Å². The van der Waals surface area contributed by atoms with Gasteiger partial charge in [-0.3, -0.25) is 0 Å². The summed E-state index contributed by atoms with van der Waals surface area (Å²) in [6, 6.07) is 15.9. The lowest BCUT2D eigenvalue weighted by Crippen LogP contribution is -2.32. The molecule has 2 aromatic carbocycles. The second-order valence-corrected chi connectivity index (χ2v) is 5.07. The molecule has 7 heteroatoms. The monoisotopic (exact) mass is 334 g/mol. The number of rotatable bonds is 6. The first-order valence-electron chi connectivity index (χ1n) is 7.35. The summed E-state index contributed by atoms with van der Waals surface area (Å²) in [5, 5.41) is 37.1. The summed E-state index contributed by atoms with van der Waals surface area (Å²) in [4.78, 5) is 0. The number of hydrogen-bond acceptors (Lipinski definition) is 6. The SMILES string of the molecule is COc1cc(C=C(C#N)C#N)cc(B(O)O)c1OCc1ccccc1. The lowest BCUT2D eigenvalue weighted by molar-refractivity contribution is 0.285. The number of benzene rings is 2. The molecule has 0 aliphatic rings. The van der Waals surface area contributed by atoms with E-state index in [2.05, 4.69) is 0 Å². The molecule has 0 spiro atoms. The maximum atomic E-state index is 9.66. The van der Waals surface area contributed by atoms with Crippen LogP contribution in [0, 0.1) is 22.7 Å². The van der Waals surface area contributed by atoms with Crippen molar-refractivity contribution in [1.82, 2.24) is 0 Å². The first-order valence-corrected chi connectivity index (χ1v) is 7.35. The van der Waals surface area contributed by atoms with Crippen molar-refractivity contribution in [2.45, 2.75) is 6.61 Å². The lowest BCUT2D eigenvalue weighted by Gasteiger charge is -2.16. The quantitative estimate of drug-likeness (QED) is 0.611. The Kier molecular flexibility index (Phi) is 6.19. The maximum absolute atomic E-state index is 9.66. The van der Waals surface area contributed by atoms with Gasteiger partial charge in [0.05, 0.1) is 7.11 Å². The molecule has 0 saturated heterocycles. The number of allylic oxidation sites excluding steroid dienone is 1. The summed E-state index contributed by atoms with van der Waals surface area (Å²) in [5.74, 6) is 0.456. The predicted octanol–water partition coefficient (Wildman–Crippen LogP) is 1.38. The van der Waals surface area contributed by atoms with Crippen molar-refractivity contribution in [1.29, 1.82) is 10.5 Å². The molecule has 0 amide bonds. The highest BCUT2D eigenvalue weighted by Crippen LogP contribution is 2.28. The van der Waals surface area contributed by atoms with Crippen molar-refractivity contribution < 1.29 is 19.5 Å². The van der Waals surface area contributed by atoms with E-state index in [1.165, 1.54) is 19.3 Å². The minimum atomic E-state index is -1.80. The smallest absolute Gasteiger partial charge is 0.492 e. The normalized spacial score (nSPS) is 9.48. The third-order valence-electron chi connectivity index (χ3n) is 3.38. The minimum Gasteiger partial charge on any atom is -0.493 e. The zero-order valence-electron chi connectivity index (χ0n) is 13.5. The van der Waals surface area contributed by atoms with E-state index >= 15 is 0 Å². The second-order valence-electron chi connectivity index (χ2n) is 5.07. The molecule has 124 valence electrons. The summed E-state index contributed by atoms with van der Waals surface area (Å²) in [7, 11) is -0.387. The van der Waals surface area contributed by atoms with Crippen LogP contribution in [0.15, 0.2) is 48.0 Å². The van der Waals surface area contributed by atoms with E-state index in [1.807, 2.05) is 30.3 Å². The Morgan fingerprint density at radius 1 is 1.16 bits per heavy atom. The Morgan fingerprint density at radius 2 is 1.84 bits per heavy atom. The van der Waals surface area contributed by atoms with E-state index in [9.17, 15) is 10.0 Å². The number of nitriles is 2. The van der Waals surface area contributed by atoms with Gasteiger partial charge in [-0.1, -0.05) is 36.4 Å². The molecule has 0 unspecified atom stereocenters. The highest BCUT2D eigenvalue weighted by atomic mass is 16.5. The van der Waals surface area contributed by atoms with Gasteiger partial charge in [-0.25, -0.2) is 0 Å². The molecule has 2 aromatic rings. The van der Waals surface area contributed by atoms with Crippen LogP contribution in [0.25, 0.3) is 6.08 Å². The summed E-state index contributed by atoms with van der Waals surface area (Å²) in [6.45, 7) is 0.216. The molecule has 2 N–H and O–H groups in total. The second kappa shape index (κ2) is 8.56. The Labute approximate surface area is 145 Å². The van der Waals surface area contributed by atoms with Crippen molar-refractivity contribution >= 4 is 18.7 Å². The molecule has 0 heterocycles. The minimum absolute atomic E-state index is 0.0803. The molecule has 2 rings (SSSR count).